The van der Waals surface area contributed by atoms with Crippen LogP contribution in [0.2, 0.25) is 0 Å². The Bertz CT molecular complexity index is 1510. The van der Waals surface area contributed by atoms with Crippen molar-refractivity contribution in [3.63, 3.8) is 0 Å². The summed E-state index contributed by atoms with van der Waals surface area (Å²) in [6.07, 6.45) is 79.1. The molecule has 0 bridgehead atoms. The molecule has 9 heteroatoms. The average molecular weight is 1140 g/mol. The smallest absolute Gasteiger partial charge is 0.361 e. The van der Waals surface area contributed by atoms with E-state index >= 15 is 0 Å². The van der Waals surface area contributed by atoms with Gasteiger partial charge in [0.15, 0.2) is 6.10 Å². The number of aliphatic carboxylic acids is 1. The Balaban J connectivity index is 4.06. The molecule has 0 saturated heterocycles. The molecule has 0 amide bonds. The van der Waals surface area contributed by atoms with Crippen LogP contribution in [-0.4, -0.2) is 87.4 Å². The average Bonchev–Trinajstić information content (AvgIpc) is 3.44. The van der Waals surface area contributed by atoms with Crippen LogP contribution in [0.4, 0.5) is 0 Å². The van der Waals surface area contributed by atoms with Gasteiger partial charge in [-0.25, -0.2) is 4.79 Å². The van der Waals surface area contributed by atoms with Gasteiger partial charge < -0.3 is 28.5 Å². The molecule has 0 fully saturated rings. The van der Waals surface area contributed by atoms with Crippen molar-refractivity contribution in [2.24, 2.45) is 0 Å². The van der Waals surface area contributed by atoms with Gasteiger partial charge in [0.2, 0.25) is 0 Å². The van der Waals surface area contributed by atoms with Crippen LogP contribution in [0, 0.1) is 0 Å². The van der Waals surface area contributed by atoms with Gasteiger partial charge in [0.1, 0.15) is 13.2 Å². The number of unbranched alkanes of at least 4 members (excludes halogenated alkanes) is 39. The Kier molecular flexibility index (Phi) is 60.7. The number of allylic oxidation sites excluding steroid dienone is 10. The number of hydrogen-bond donors (Lipinski definition) is 1. The summed E-state index contributed by atoms with van der Waals surface area (Å²) < 4.78 is 23.0. The molecular formula is C72H132NO8+. The van der Waals surface area contributed by atoms with E-state index in [4.69, 9.17) is 18.9 Å². The minimum Gasteiger partial charge on any atom is -0.477 e. The second kappa shape index (κ2) is 63.0. The number of carboxylic acids is 1. The van der Waals surface area contributed by atoms with Gasteiger partial charge in [0, 0.05) is 12.8 Å². The van der Waals surface area contributed by atoms with Crippen molar-refractivity contribution in [3.8, 4) is 0 Å². The van der Waals surface area contributed by atoms with E-state index in [2.05, 4.69) is 74.6 Å². The maximum atomic E-state index is 12.9. The first-order valence-electron chi connectivity index (χ1n) is 34.5. The number of quaternary nitrogens is 1. The third-order valence-electron chi connectivity index (χ3n) is 15.3. The minimum absolute atomic E-state index is 0.182. The molecule has 0 aromatic rings. The fourth-order valence-electron chi connectivity index (χ4n) is 10.0. The summed E-state index contributed by atoms with van der Waals surface area (Å²) in [6, 6.07) is 0. The second-order valence-corrected chi connectivity index (χ2v) is 24.5. The molecule has 0 aromatic heterocycles. The van der Waals surface area contributed by atoms with Gasteiger partial charge in [-0.15, -0.1) is 0 Å². The second-order valence-electron chi connectivity index (χ2n) is 24.5. The van der Waals surface area contributed by atoms with E-state index in [1.165, 1.54) is 218 Å². The largest absolute Gasteiger partial charge is 0.477 e. The Morgan fingerprint density at radius 3 is 1.06 bits per heavy atom. The van der Waals surface area contributed by atoms with Gasteiger partial charge in [0.25, 0.3) is 6.29 Å². The third kappa shape index (κ3) is 64.4. The van der Waals surface area contributed by atoms with Crippen LogP contribution >= 0.6 is 0 Å². The molecule has 0 radical (unpaired) electrons. The van der Waals surface area contributed by atoms with Gasteiger partial charge in [-0.2, -0.15) is 0 Å². The topological polar surface area (TPSA) is 108 Å². The van der Waals surface area contributed by atoms with Crippen molar-refractivity contribution in [1.29, 1.82) is 0 Å². The summed E-state index contributed by atoms with van der Waals surface area (Å²) in [5, 5.41) is 9.74. The highest BCUT2D eigenvalue weighted by Crippen LogP contribution is 2.18. The van der Waals surface area contributed by atoms with Crippen molar-refractivity contribution in [1.82, 2.24) is 0 Å². The van der Waals surface area contributed by atoms with Crippen LogP contribution in [0.1, 0.15) is 322 Å². The highest BCUT2D eigenvalue weighted by Gasteiger charge is 2.25. The van der Waals surface area contributed by atoms with E-state index in [1.807, 2.05) is 21.1 Å². The van der Waals surface area contributed by atoms with E-state index in [0.717, 1.165) is 70.6 Å². The van der Waals surface area contributed by atoms with Crippen LogP contribution in [0.25, 0.3) is 0 Å². The number of likely N-dealkylation sites (N-methyl/N-ethyl adjacent to an activating group) is 1. The highest BCUT2D eigenvalue weighted by molar-refractivity contribution is 5.71. The van der Waals surface area contributed by atoms with Crippen LogP contribution in [0.3, 0.4) is 0 Å². The number of rotatable bonds is 64. The van der Waals surface area contributed by atoms with Crippen molar-refractivity contribution < 1.29 is 42.9 Å². The maximum Gasteiger partial charge on any atom is 0.361 e. The molecule has 0 aromatic carbocycles. The zero-order chi connectivity index (χ0) is 59.1. The molecule has 0 aliphatic rings. The summed E-state index contributed by atoms with van der Waals surface area (Å²) >= 11 is 0. The molecular weight excluding hydrogens is 1010 g/mol. The zero-order valence-corrected chi connectivity index (χ0v) is 53.9. The molecule has 9 nitrogen and oxygen atoms in total. The molecule has 2 atom stereocenters. The summed E-state index contributed by atoms with van der Waals surface area (Å²) in [7, 11) is 5.98. The normalized spacial score (nSPS) is 13.0. The number of ether oxygens (including phenoxy) is 4. The van der Waals surface area contributed by atoms with E-state index in [-0.39, 0.29) is 32.2 Å². The molecule has 2 unspecified atom stereocenters. The van der Waals surface area contributed by atoms with Crippen LogP contribution in [0.5, 0.6) is 0 Å². The zero-order valence-electron chi connectivity index (χ0n) is 53.9. The Hall–Kier alpha value is -3.01. The number of carboxylic acid groups (broad SMARTS) is 1. The molecule has 0 saturated carbocycles. The van der Waals surface area contributed by atoms with Crippen LogP contribution in [0.15, 0.2) is 60.8 Å². The first kappa shape index (κ1) is 78.0. The number of carbonyl (C=O) groups is 3. The standard InChI is InChI=1S/C72H131NO8/c1-6-8-10-12-14-16-18-20-22-24-26-28-30-31-32-33-34-35-36-37-38-39-41-42-44-46-48-50-52-54-56-58-60-62-69(74)79-66-68(67-80-72(71(76)77)78-65-64-73(3,4)5)81-70(75)63-61-59-57-55-53-51-49-47-45-43-40-29-27-25-23-21-19-17-15-13-11-9-7-2/h9,11,15,17,21,23-24,26-27,29,68,72H,6-8,10,12-14,16,18-20,22,25,28,30-67H2,1-5H3/p+1/b11-9-,17-15-,23-21-,26-24-,29-27-. The van der Waals surface area contributed by atoms with Gasteiger partial charge >= 0.3 is 17.9 Å². The molecule has 0 aliphatic heterocycles. The minimum atomic E-state index is -1.51. The van der Waals surface area contributed by atoms with Gasteiger partial charge in [-0.1, -0.05) is 293 Å². The molecule has 0 spiro atoms. The molecule has 81 heavy (non-hydrogen) atoms. The summed E-state index contributed by atoms with van der Waals surface area (Å²) in [6.45, 7) is 4.80. The first-order valence-corrected chi connectivity index (χ1v) is 34.5. The van der Waals surface area contributed by atoms with E-state index in [9.17, 15) is 19.5 Å². The Morgan fingerprint density at radius 2 is 0.704 bits per heavy atom. The summed E-state index contributed by atoms with van der Waals surface area (Å²) in [4.78, 5) is 37.6. The fraction of sp³-hybridized carbons (Fsp3) is 0.819. The molecule has 0 rings (SSSR count). The highest BCUT2D eigenvalue weighted by atomic mass is 16.7. The predicted octanol–water partition coefficient (Wildman–Crippen LogP) is 21.1. The summed E-state index contributed by atoms with van der Waals surface area (Å²) in [5.74, 6) is -1.99. The molecule has 1 N–H and O–H groups in total. The van der Waals surface area contributed by atoms with Gasteiger partial charge in [-0.05, 0) is 77.0 Å². The number of carbonyl (C=O) groups excluding carboxylic acids is 2. The van der Waals surface area contributed by atoms with Crippen molar-refractivity contribution in [2.75, 3.05) is 47.5 Å². The lowest BCUT2D eigenvalue weighted by Crippen LogP contribution is -2.40. The first-order chi connectivity index (χ1) is 39.6. The number of nitrogens with zero attached hydrogens (tertiary/aromatic N) is 1. The fourth-order valence-corrected chi connectivity index (χ4v) is 10.0. The van der Waals surface area contributed by atoms with Crippen molar-refractivity contribution in [3.05, 3.63) is 60.8 Å². The lowest BCUT2D eigenvalue weighted by atomic mass is 10.0. The predicted molar refractivity (Wildman–Crippen MR) is 346 cm³/mol. The third-order valence-corrected chi connectivity index (χ3v) is 15.3. The van der Waals surface area contributed by atoms with Crippen molar-refractivity contribution >= 4 is 17.9 Å². The quantitative estimate of drug-likeness (QED) is 0.0211. The van der Waals surface area contributed by atoms with Gasteiger partial charge in [0.05, 0.1) is 34.4 Å². The van der Waals surface area contributed by atoms with Crippen LogP contribution < -0.4 is 0 Å². The van der Waals surface area contributed by atoms with E-state index in [0.29, 0.717) is 23.9 Å². The molecule has 472 valence electrons. The van der Waals surface area contributed by atoms with Gasteiger partial charge in [-0.3, -0.25) is 9.59 Å². The molecule has 0 aliphatic carbocycles. The number of hydrogen-bond acceptors (Lipinski definition) is 7. The Labute approximate surface area is 501 Å². The lowest BCUT2D eigenvalue weighted by Gasteiger charge is -2.25. The van der Waals surface area contributed by atoms with Crippen LogP contribution in [-0.2, 0) is 33.3 Å². The van der Waals surface area contributed by atoms with Crippen molar-refractivity contribution in [2.45, 2.75) is 334 Å². The maximum absolute atomic E-state index is 12.9. The molecule has 0 heterocycles. The lowest BCUT2D eigenvalue weighted by molar-refractivity contribution is -0.870. The van der Waals surface area contributed by atoms with E-state index in [1.54, 1.807) is 0 Å². The van der Waals surface area contributed by atoms with E-state index < -0.39 is 24.3 Å². The summed E-state index contributed by atoms with van der Waals surface area (Å²) in [5.41, 5.74) is 0. The Morgan fingerprint density at radius 1 is 0.383 bits per heavy atom. The number of esters is 2. The monoisotopic (exact) mass is 1140 g/mol. The SMILES string of the molecule is CC/C=C\C/C=C\C/C=C\C/C=C\CCCCCCCCCCCCC(=O)OC(COC(=O)CCCCCCCCCCCCCCCCCCCCCCC/C=C\CCCCCCCCCC)COC(OCC[N+](C)(C)C)C(=O)O.